The average molecular weight is 470 g/mol. The van der Waals surface area contributed by atoms with E-state index in [0.717, 1.165) is 27.4 Å². The number of aromatic nitrogens is 1. The fourth-order valence-corrected chi connectivity index (χ4v) is 5.10. The lowest BCUT2D eigenvalue weighted by Crippen LogP contribution is -2.12. The van der Waals surface area contributed by atoms with E-state index >= 15 is 0 Å². The van der Waals surface area contributed by atoms with E-state index in [1.165, 1.54) is 6.07 Å². The van der Waals surface area contributed by atoms with E-state index in [2.05, 4.69) is 20.9 Å². The van der Waals surface area contributed by atoms with Crippen LogP contribution in [0.2, 0.25) is 0 Å². The first-order valence-corrected chi connectivity index (χ1v) is 12.3. The van der Waals surface area contributed by atoms with E-state index in [1.54, 1.807) is 25.4 Å². The van der Waals surface area contributed by atoms with Gasteiger partial charge in [0.25, 0.3) is 0 Å². The summed E-state index contributed by atoms with van der Waals surface area (Å²) < 4.78 is 21.9. The molecule has 0 aliphatic rings. The number of pyridine rings is 1. The van der Waals surface area contributed by atoms with Crippen molar-refractivity contribution in [3.8, 4) is 11.5 Å². The van der Waals surface area contributed by atoms with Gasteiger partial charge in [-0.15, -0.1) is 0 Å². The summed E-state index contributed by atoms with van der Waals surface area (Å²) in [5.74, 6) is 4.61. The molecule has 5 rings (SSSR count). The van der Waals surface area contributed by atoms with Crippen LogP contribution in [0.4, 0.5) is 17.1 Å². The number of aromatic hydroxyl groups is 1. The quantitative estimate of drug-likeness (QED) is 0.268. The molecule has 170 valence electrons. The molecular formula is C27H23N3O3S. The highest BCUT2D eigenvalue weighted by molar-refractivity contribution is 8.01. The monoisotopic (exact) mass is 469 g/mol. The average Bonchev–Trinajstić information content (AvgIpc) is 2.83. The molecule has 0 saturated heterocycles. The van der Waals surface area contributed by atoms with Gasteiger partial charge in [-0.05, 0) is 53.0 Å². The van der Waals surface area contributed by atoms with Crippen molar-refractivity contribution in [2.45, 2.75) is 4.90 Å². The van der Waals surface area contributed by atoms with Crippen LogP contribution in [0.3, 0.4) is 0 Å². The summed E-state index contributed by atoms with van der Waals surface area (Å²) in [5, 5.41) is 16.2. The number of phenols is 1. The number of phenolic OH excluding ortho intramolecular Hbond substituents is 1. The SMILES string of the molecule is C=S(=O)(Nc1ccc2nccc(Nc3cc(O)cc(OC)c3)c2c1)c1ccc2ccccc2c1. The molecule has 6 nitrogen and oxygen atoms in total. The maximum Gasteiger partial charge on any atom is 0.124 e. The minimum atomic E-state index is -2.80. The number of anilines is 3. The number of methoxy groups -OCH3 is 1. The molecule has 1 unspecified atom stereocenters. The first-order valence-electron chi connectivity index (χ1n) is 10.6. The van der Waals surface area contributed by atoms with Gasteiger partial charge >= 0.3 is 0 Å². The number of hydrogen-bond acceptors (Lipinski definition) is 5. The molecule has 0 radical (unpaired) electrons. The summed E-state index contributed by atoms with van der Waals surface area (Å²) in [5.41, 5.74) is 2.87. The smallest absolute Gasteiger partial charge is 0.124 e. The molecule has 3 N–H and O–H groups in total. The van der Waals surface area contributed by atoms with Crippen LogP contribution in [-0.4, -0.2) is 27.3 Å². The lowest BCUT2D eigenvalue weighted by atomic mass is 10.1. The Bertz CT molecular complexity index is 1630. The van der Waals surface area contributed by atoms with Crippen LogP contribution in [0.15, 0.2) is 96.0 Å². The van der Waals surface area contributed by atoms with Crippen molar-refractivity contribution in [3.63, 3.8) is 0 Å². The highest BCUT2D eigenvalue weighted by atomic mass is 32.2. The summed E-state index contributed by atoms with van der Waals surface area (Å²) in [4.78, 5) is 5.06. The number of benzene rings is 4. The predicted octanol–water partition coefficient (Wildman–Crippen LogP) is 5.95. The molecule has 1 atom stereocenters. The summed E-state index contributed by atoms with van der Waals surface area (Å²) >= 11 is 0. The van der Waals surface area contributed by atoms with E-state index in [-0.39, 0.29) is 5.75 Å². The fourth-order valence-electron chi connectivity index (χ4n) is 3.87. The third-order valence-electron chi connectivity index (χ3n) is 5.53. The van der Waals surface area contributed by atoms with Gasteiger partial charge in [-0.25, -0.2) is 4.21 Å². The van der Waals surface area contributed by atoms with Crippen molar-refractivity contribution in [2.75, 3.05) is 17.1 Å². The molecule has 1 heterocycles. The van der Waals surface area contributed by atoms with E-state index in [1.807, 2.05) is 66.7 Å². The van der Waals surface area contributed by atoms with Gasteiger partial charge in [0.05, 0.1) is 27.2 Å². The topological polar surface area (TPSA) is 83.5 Å². The van der Waals surface area contributed by atoms with Crippen molar-refractivity contribution >= 4 is 54.3 Å². The Labute approximate surface area is 198 Å². The summed E-state index contributed by atoms with van der Waals surface area (Å²) in [6, 6.07) is 26.0. The van der Waals surface area contributed by atoms with Crippen LogP contribution >= 0.6 is 0 Å². The molecule has 5 aromatic rings. The number of fused-ring (bicyclic) bond motifs is 2. The van der Waals surface area contributed by atoms with Crippen molar-refractivity contribution in [1.82, 2.24) is 4.98 Å². The standard InChI is InChI=1S/C27H23N3O3S/c1-33-23-15-21(14-22(31)17-23)29-27-11-12-28-26-10-8-20(16-25(26)27)30-34(2,32)24-9-7-18-5-3-4-6-19(18)13-24/h3-17,31H,2H2,1H3,(H,28,29)(H,30,32). The minimum absolute atomic E-state index is 0.0924. The first-order chi connectivity index (χ1) is 16.4. The minimum Gasteiger partial charge on any atom is -0.508 e. The van der Waals surface area contributed by atoms with Crippen LogP contribution < -0.4 is 14.8 Å². The second-order valence-corrected chi connectivity index (χ2v) is 9.95. The summed E-state index contributed by atoms with van der Waals surface area (Å²) in [6.45, 7) is 0. The highest BCUT2D eigenvalue weighted by Crippen LogP contribution is 2.32. The van der Waals surface area contributed by atoms with Crippen LogP contribution in [0.5, 0.6) is 11.5 Å². The van der Waals surface area contributed by atoms with E-state index in [9.17, 15) is 9.32 Å². The molecule has 0 aliphatic heterocycles. The maximum absolute atomic E-state index is 13.5. The van der Waals surface area contributed by atoms with Crippen LogP contribution in [0, 0.1) is 0 Å². The zero-order valence-electron chi connectivity index (χ0n) is 18.5. The Morgan fingerprint density at radius 3 is 2.56 bits per heavy atom. The Balaban J connectivity index is 1.49. The molecule has 0 saturated carbocycles. The summed E-state index contributed by atoms with van der Waals surface area (Å²) in [6.07, 6.45) is 1.71. The third-order valence-corrected chi connectivity index (χ3v) is 7.11. The van der Waals surface area contributed by atoms with Gasteiger partial charge in [0.1, 0.15) is 11.5 Å². The van der Waals surface area contributed by atoms with Gasteiger partial charge < -0.3 is 19.9 Å². The molecule has 1 aromatic heterocycles. The maximum atomic E-state index is 13.5. The molecule has 0 fully saturated rings. The van der Waals surface area contributed by atoms with E-state index < -0.39 is 9.71 Å². The van der Waals surface area contributed by atoms with Crippen molar-refractivity contribution in [1.29, 1.82) is 0 Å². The molecule has 7 heteroatoms. The largest absolute Gasteiger partial charge is 0.508 e. The highest BCUT2D eigenvalue weighted by Gasteiger charge is 2.11. The van der Waals surface area contributed by atoms with Crippen molar-refractivity contribution < 1.29 is 14.1 Å². The van der Waals surface area contributed by atoms with Gasteiger partial charge in [0.15, 0.2) is 0 Å². The fraction of sp³-hybridized carbons (Fsp3) is 0.0370. The third kappa shape index (κ3) is 4.33. The molecule has 34 heavy (non-hydrogen) atoms. The lowest BCUT2D eigenvalue weighted by Gasteiger charge is -2.16. The molecular weight excluding hydrogens is 446 g/mol. The van der Waals surface area contributed by atoms with Gasteiger partial charge in [-0.1, -0.05) is 30.3 Å². The van der Waals surface area contributed by atoms with Crippen LogP contribution in [0.1, 0.15) is 0 Å². The van der Waals surface area contributed by atoms with Crippen LogP contribution in [0.25, 0.3) is 21.7 Å². The zero-order chi connectivity index (χ0) is 23.7. The molecule has 0 aliphatic carbocycles. The van der Waals surface area contributed by atoms with Gasteiger partial charge in [-0.3, -0.25) is 4.98 Å². The molecule has 0 amide bonds. The van der Waals surface area contributed by atoms with Crippen molar-refractivity contribution in [3.05, 3.63) is 91.1 Å². The predicted molar refractivity (Wildman–Crippen MR) is 141 cm³/mol. The van der Waals surface area contributed by atoms with Crippen molar-refractivity contribution in [2.24, 2.45) is 0 Å². The number of ether oxygens (including phenoxy) is 1. The number of rotatable bonds is 6. The zero-order valence-corrected chi connectivity index (χ0v) is 19.3. The molecule has 0 bridgehead atoms. The van der Waals surface area contributed by atoms with Crippen LogP contribution in [-0.2, 0) is 9.71 Å². The molecule has 0 spiro atoms. The second-order valence-electron chi connectivity index (χ2n) is 7.92. The Hall–Kier alpha value is -4.23. The molecule has 4 aromatic carbocycles. The Morgan fingerprint density at radius 2 is 1.74 bits per heavy atom. The van der Waals surface area contributed by atoms with Gasteiger partial charge in [-0.2, -0.15) is 0 Å². The Kier molecular flexibility index (Phi) is 5.47. The Morgan fingerprint density at radius 1 is 0.912 bits per heavy atom. The van der Waals surface area contributed by atoms with E-state index in [0.29, 0.717) is 22.0 Å². The van der Waals surface area contributed by atoms with E-state index in [4.69, 9.17) is 4.74 Å². The van der Waals surface area contributed by atoms with Gasteiger partial charge in [0, 0.05) is 46.8 Å². The second kappa shape index (κ2) is 8.61. The van der Waals surface area contributed by atoms with Gasteiger partial charge in [0.2, 0.25) is 0 Å². The number of nitrogens with one attached hydrogen (secondary N) is 2. The lowest BCUT2D eigenvalue weighted by molar-refractivity contribution is 0.408. The number of nitrogens with zero attached hydrogens (tertiary/aromatic N) is 1. The number of hydrogen-bond donors (Lipinski definition) is 3. The normalized spacial score (nSPS) is 12.9. The summed E-state index contributed by atoms with van der Waals surface area (Å²) in [7, 11) is -1.25. The first kappa shape index (κ1) is 21.6.